The Morgan fingerprint density at radius 1 is 1.12 bits per heavy atom. The summed E-state index contributed by atoms with van der Waals surface area (Å²) in [5.41, 5.74) is 2.34. The fraction of sp³-hybridized carbons (Fsp3) is 0.450. The zero-order chi connectivity index (χ0) is 17.9. The summed E-state index contributed by atoms with van der Waals surface area (Å²) >= 11 is 0. The SMILES string of the molecule is CO[C@H]1C(=O)N(C2CCN(Cc3cccnc3)CC2)[C@H]1c1ccncc1. The third-order valence-corrected chi connectivity index (χ3v) is 5.47. The molecule has 0 saturated carbocycles. The van der Waals surface area contributed by atoms with E-state index in [0.717, 1.165) is 38.0 Å². The zero-order valence-corrected chi connectivity index (χ0v) is 15.0. The summed E-state index contributed by atoms with van der Waals surface area (Å²) in [4.78, 5) is 25.4. The van der Waals surface area contributed by atoms with E-state index in [2.05, 4.69) is 20.9 Å². The molecule has 1 amide bonds. The molecule has 0 spiro atoms. The van der Waals surface area contributed by atoms with Gasteiger partial charge in [-0.15, -0.1) is 0 Å². The van der Waals surface area contributed by atoms with Gasteiger partial charge in [-0.1, -0.05) is 6.07 Å². The molecule has 0 bridgehead atoms. The minimum absolute atomic E-state index is 0.00498. The van der Waals surface area contributed by atoms with Crippen LogP contribution in [0.3, 0.4) is 0 Å². The van der Waals surface area contributed by atoms with Crippen LogP contribution in [0, 0.1) is 0 Å². The van der Waals surface area contributed by atoms with E-state index in [9.17, 15) is 4.79 Å². The molecule has 6 heteroatoms. The molecule has 4 rings (SSSR count). The lowest BCUT2D eigenvalue weighted by Crippen LogP contribution is -2.64. The molecule has 136 valence electrons. The number of piperidine rings is 1. The first-order chi connectivity index (χ1) is 12.8. The molecule has 0 unspecified atom stereocenters. The van der Waals surface area contributed by atoms with E-state index in [-0.39, 0.29) is 24.1 Å². The molecule has 0 N–H and O–H groups in total. The van der Waals surface area contributed by atoms with Crippen LogP contribution in [0.5, 0.6) is 0 Å². The van der Waals surface area contributed by atoms with Gasteiger partial charge in [0, 0.05) is 57.6 Å². The Balaban J connectivity index is 1.41. The maximum Gasteiger partial charge on any atom is 0.255 e. The van der Waals surface area contributed by atoms with Crippen molar-refractivity contribution in [2.45, 2.75) is 37.6 Å². The Morgan fingerprint density at radius 3 is 2.54 bits per heavy atom. The van der Waals surface area contributed by atoms with Crippen molar-refractivity contribution in [3.63, 3.8) is 0 Å². The maximum absolute atomic E-state index is 12.6. The van der Waals surface area contributed by atoms with Gasteiger partial charge in [0.25, 0.3) is 5.91 Å². The van der Waals surface area contributed by atoms with Crippen molar-refractivity contribution >= 4 is 5.91 Å². The standard InChI is InChI=1S/C20H24N4O2/c1-26-19-18(16-4-9-21-10-5-16)24(20(19)25)17-6-11-23(12-7-17)14-15-3-2-8-22-13-15/h2-5,8-10,13,17-19H,6-7,11-12,14H2,1H3/t18-,19+/m0/s1. The van der Waals surface area contributed by atoms with Crippen LogP contribution in [0.1, 0.15) is 30.0 Å². The van der Waals surface area contributed by atoms with Crippen LogP contribution >= 0.6 is 0 Å². The van der Waals surface area contributed by atoms with Crippen LogP contribution in [0.25, 0.3) is 0 Å². The number of carbonyl (C=O) groups excluding carboxylic acids is 1. The highest BCUT2D eigenvalue weighted by atomic mass is 16.5. The molecule has 26 heavy (non-hydrogen) atoms. The number of amides is 1. The second-order valence-corrected chi connectivity index (χ2v) is 7.00. The summed E-state index contributed by atoms with van der Waals surface area (Å²) in [6, 6.07) is 8.33. The predicted molar refractivity (Wildman–Crippen MR) is 97.2 cm³/mol. The maximum atomic E-state index is 12.6. The van der Waals surface area contributed by atoms with Crippen LogP contribution in [-0.4, -0.2) is 58.0 Å². The van der Waals surface area contributed by atoms with E-state index in [1.165, 1.54) is 5.56 Å². The molecule has 2 saturated heterocycles. The first-order valence-electron chi connectivity index (χ1n) is 9.14. The van der Waals surface area contributed by atoms with Gasteiger partial charge in [-0.25, -0.2) is 0 Å². The molecule has 0 radical (unpaired) electrons. The Bertz CT molecular complexity index is 732. The highest BCUT2D eigenvalue weighted by Gasteiger charge is 2.51. The predicted octanol–water partition coefficient (Wildman–Crippen LogP) is 2.04. The van der Waals surface area contributed by atoms with Crippen LogP contribution in [0.2, 0.25) is 0 Å². The lowest BCUT2D eigenvalue weighted by Gasteiger charge is -2.52. The van der Waals surface area contributed by atoms with Gasteiger partial charge in [0.15, 0.2) is 6.10 Å². The number of β-lactam (4-membered cyclic amide) rings is 1. The minimum Gasteiger partial charge on any atom is -0.369 e. The van der Waals surface area contributed by atoms with Crippen molar-refractivity contribution < 1.29 is 9.53 Å². The average Bonchev–Trinajstić information content (AvgIpc) is 2.69. The Hall–Kier alpha value is -2.31. The van der Waals surface area contributed by atoms with Crippen LogP contribution in [0.15, 0.2) is 49.1 Å². The molecule has 4 heterocycles. The fourth-order valence-corrected chi connectivity index (χ4v) is 4.12. The monoisotopic (exact) mass is 352 g/mol. The van der Waals surface area contributed by atoms with Gasteiger partial charge in [0.05, 0.1) is 6.04 Å². The molecule has 2 aliphatic rings. The number of methoxy groups -OCH3 is 1. The first-order valence-corrected chi connectivity index (χ1v) is 9.14. The van der Waals surface area contributed by atoms with Gasteiger partial charge in [0.2, 0.25) is 0 Å². The van der Waals surface area contributed by atoms with Gasteiger partial charge < -0.3 is 9.64 Å². The van der Waals surface area contributed by atoms with Crippen molar-refractivity contribution in [2.75, 3.05) is 20.2 Å². The lowest BCUT2D eigenvalue weighted by atomic mass is 9.86. The van der Waals surface area contributed by atoms with Gasteiger partial charge in [0.1, 0.15) is 0 Å². The highest BCUT2D eigenvalue weighted by Crippen LogP contribution is 2.40. The van der Waals surface area contributed by atoms with E-state index < -0.39 is 0 Å². The zero-order valence-electron chi connectivity index (χ0n) is 15.0. The van der Waals surface area contributed by atoms with E-state index in [4.69, 9.17) is 4.74 Å². The van der Waals surface area contributed by atoms with Crippen molar-refractivity contribution in [1.82, 2.24) is 19.8 Å². The van der Waals surface area contributed by atoms with Crippen molar-refractivity contribution in [3.8, 4) is 0 Å². The van der Waals surface area contributed by atoms with Crippen molar-refractivity contribution in [2.24, 2.45) is 0 Å². The number of carbonyl (C=O) groups is 1. The fourth-order valence-electron chi connectivity index (χ4n) is 4.12. The van der Waals surface area contributed by atoms with E-state index in [1.54, 1.807) is 25.7 Å². The number of ether oxygens (including phenoxy) is 1. The number of pyridine rings is 2. The molecule has 6 nitrogen and oxygen atoms in total. The van der Waals surface area contributed by atoms with Crippen molar-refractivity contribution in [3.05, 3.63) is 60.2 Å². The van der Waals surface area contributed by atoms with Gasteiger partial charge in [-0.05, 0) is 42.2 Å². The molecule has 2 atom stereocenters. The summed E-state index contributed by atoms with van der Waals surface area (Å²) in [5.74, 6) is 0.111. The quantitative estimate of drug-likeness (QED) is 0.771. The smallest absolute Gasteiger partial charge is 0.255 e. The third kappa shape index (κ3) is 3.22. The number of rotatable bonds is 5. The van der Waals surface area contributed by atoms with E-state index in [1.807, 2.05) is 29.3 Å². The van der Waals surface area contributed by atoms with Gasteiger partial charge >= 0.3 is 0 Å². The van der Waals surface area contributed by atoms with Crippen LogP contribution in [0.4, 0.5) is 0 Å². The lowest BCUT2D eigenvalue weighted by molar-refractivity contribution is -0.178. The highest BCUT2D eigenvalue weighted by molar-refractivity contribution is 5.89. The number of nitrogens with zero attached hydrogens (tertiary/aromatic N) is 4. The number of likely N-dealkylation sites (tertiary alicyclic amines) is 2. The minimum atomic E-state index is -0.370. The Kier molecular flexibility index (Phi) is 4.95. The molecule has 0 aliphatic carbocycles. The largest absolute Gasteiger partial charge is 0.369 e. The van der Waals surface area contributed by atoms with Crippen LogP contribution < -0.4 is 0 Å². The topological polar surface area (TPSA) is 58.6 Å². The van der Waals surface area contributed by atoms with Gasteiger partial charge in [-0.3, -0.25) is 19.7 Å². The number of hydrogen-bond donors (Lipinski definition) is 0. The normalized spacial score (nSPS) is 24.5. The van der Waals surface area contributed by atoms with Crippen molar-refractivity contribution in [1.29, 1.82) is 0 Å². The Morgan fingerprint density at radius 2 is 1.88 bits per heavy atom. The van der Waals surface area contributed by atoms with E-state index >= 15 is 0 Å². The van der Waals surface area contributed by atoms with Crippen LogP contribution in [-0.2, 0) is 16.1 Å². The summed E-state index contributed by atoms with van der Waals surface area (Å²) in [5, 5.41) is 0. The molecular weight excluding hydrogens is 328 g/mol. The first kappa shape index (κ1) is 17.1. The summed E-state index contributed by atoms with van der Waals surface area (Å²) in [6.07, 6.45) is 8.89. The molecule has 0 aromatic carbocycles. The number of hydrogen-bond acceptors (Lipinski definition) is 5. The third-order valence-electron chi connectivity index (χ3n) is 5.47. The second kappa shape index (κ2) is 7.51. The summed E-state index contributed by atoms with van der Waals surface area (Å²) in [7, 11) is 1.62. The molecule has 2 aliphatic heterocycles. The second-order valence-electron chi connectivity index (χ2n) is 7.00. The average molecular weight is 352 g/mol. The molecular formula is C20H24N4O2. The summed E-state index contributed by atoms with van der Waals surface area (Å²) < 4.78 is 5.46. The molecule has 2 aromatic rings. The number of aromatic nitrogens is 2. The van der Waals surface area contributed by atoms with Gasteiger partial charge in [-0.2, -0.15) is 0 Å². The molecule has 2 aromatic heterocycles. The molecule has 2 fully saturated rings. The summed E-state index contributed by atoms with van der Waals surface area (Å²) in [6.45, 7) is 2.90. The Labute approximate surface area is 153 Å². The van der Waals surface area contributed by atoms with E-state index in [0.29, 0.717) is 0 Å².